The zero-order chi connectivity index (χ0) is 12.7. The molecule has 0 saturated heterocycles. The fraction of sp³-hybridized carbons (Fsp3) is 0.600. The predicted octanol–water partition coefficient (Wildman–Crippen LogP) is 3.80. The third kappa shape index (κ3) is 4.68. The van der Waals surface area contributed by atoms with E-state index in [1.165, 1.54) is 0 Å². The number of hydrogen-bond acceptors (Lipinski definition) is 2. The molecule has 94 valence electrons. The number of carbonyl (C=O) groups excluding carboxylic acids is 1. The fourth-order valence-electron chi connectivity index (χ4n) is 1.93. The van der Waals surface area contributed by atoms with Crippen LogP contribution in [0.2, 0.25) is 0 Å². The van der Waals surface area contributed by atoms with Crippen molar-refractivity contribution in [1.82, 2.24) is 4.98 Å². The number of pyridine rings is 1. The zero-order valence-electron chi connectivity index (χ0n) is 11.2. The van der Waals surface area contributed by atoms with E-state index in [0.717, 1.165) is 31.4 Å². The van der Waals surface area contributed by atoms with Crippen molar-refractivity contribution >= 4 is 5.78 Å². The SMILES string of the molecule is CCCCCC(=O)C(C)(C)Cc1ccccn1. The average molecular weight is 233 g/mol. The summed E-state index contributed by atoms with van der Waals surface area (Å²) in [6.07, 6.45) is 6.54. The van der Waals surface area contributed by atoms with Crippen molar-refractivity contribution in [1.29, 1.82) is 0 Å². The van der Waals surface area contributed by atoms with Gasteiger partial charge in [-0.25, -0.2) is 0 Å². The van der Waals surface area contributed by atoms with Crippen molar-refractivity contribution in [2.45, 2.75) is 52.9 Å². The molecule has 0 atom stereocenters. The maximum atomic E-state index is 12.1. The van der Waals surface area contributed by atoms with Crippen LogP contribution in [-0.4, -0.2) is 10.8 Å². The molecule has 1 heterocycles. The van der Waals surface area contributed by atoms with E-state index in [1.54, 1.807) is 6.20 Å². The summed E-state index contributed by atoms with van der Waals surface area (Å²) in [5.74, 6) is 0.358. The summed E-state index contributed by atoms with van der Waals surface area (Å²) in [5, 5.41) is 0. The van der Waals surface area contributed by atoms with Crippen LogP contribution in [0.15, 0.2) is 24.4 Å². The summed E-state index contributed by atoms with van der Waals surface area (Å²) in [5.41, 5.74) is 0.712. The molecule has 0 radical (unpaired) electrons. The second-order valence-electron chi connectivity index (χ2n) is 5.26. The Bertz CT molecular complexity index is 343. The molecule has 0 aromatic carbocycles. The Balaban J connectivity index is 2.52. The monoisotopic (exact) mass is 233 g/mol. The maximum absolute atomic E-state index is 12.1. The molecule has 0 unspecified atom stereocenters. The Kier molecular flexibility index (Phi) is 5.33. The Morgan fingerprint density at radius 2 is 2.06 bits per heavy atom. The van der Waals surface area contributed by atoms with Gasteiger partial charge in [0.05, 0.1) is 0 Å². The molecule has 0 bridgehead atoms. The summed E-state index contributed by atoms with van der Waals surface area (Å²) in [6, 6.07) is 5.86. The van der Waals surface area contributed by atoms with Crippen molar-refractivity contribution in [3.63, 3.8) is 0 Å². The highest BCUT2D eigenvalue weighted by atomic mass is 16.1. The van der Waals surface area contributed by atoms with Gasteiger partial charge in [-0.05, 0) is 18.6 Å². The van der Waals surface area contributed by atoms with E-state index in [0.29, 0.717) is 12.2 Å². The molecule has 0 fully saturated rings. The van der Waals surface area contributed by atoms with E-state index in [1.807, 2.05) is 32.0 Å². The topological polar surface area (TPSA) is 30.0 Å². The predicted molar refractivity (Wildman–Crippen MR) is 70.9 cm³/mol. The summed E-state index contributed by atoms with van der Waals surface area (Å²) in [6.45, 7) is 6.20. The van der Waals surface area contributed by atoms with Gasteiger partial charge in [0.1, 0.15) is 5.78 Å². The number of Topliss-reactive ketones (excluding diaryl/α,β-unsaturated/α-hetero) is 1. The first-order valence-corrected chi connectivity index (χ1v) is 6.49. The van der Waals surface area contributed by atoms with Crippen LogP contribution in [0.5, 0.6) is 0 Å². The van der Waals surface area contributed by atoms with Gasteiger partial charge < -0.3 is 0 Å². The molecule has 0 amide bonds. The van der Waals surface area contributed by atoms with Gasteiger partial charge >= 0.3 is 0 Å². The van der Waals surface area contributed by atoms with Crippen molar-refractivity contribution in [2.75, 3.05) is 0 Å². The second kappa shape index (κ2) is 6.53. The van der Waals surface area contributed by atoms with E-state index in [4.69, 9.17) is 0 Å². The van der Waals surface area contributed by atoms with E-state index in [9.17, 15) is 4.79 Å². The van der Waals surface area contributed by atoms with Crippen LogP contribution < -0.4 is 0 Å². The van der Waals surface area contributed by atoms with Crippen LogP contribution in [0, 0.1) is 5.41 Å². The lowest BCUT2D eigenvalue weighted by molar-refractivity contribution is -0.127. The molecule has 17 heavy (non-hydrogen) atoms. The summed E-state index contributed by atoms with van der Waals surface area (Å²) >= 11 is 0. The standard InChI is InChI=1S/C15H23NO/c1-4-5-6-10-14(17)15(2,3)12-13-9-7-8-11-16-13/h7-9,11H,4-6,10,12H2,1-3H3. The molecule has 0 N–H and O–H groups in total. The molecular formula is C15H23NO. The summed E-state index contributed by atoms with van der Waals surface area (Å²) < 4.78 is 0. The van der Waals surface area contributed by atoms with Gasteiger partial charge in [-0.15, -0.1) is 0 Å². The van der Waals surface area contributed by atoms with Crippen LogP contribution in [0.1, 0.15) is 52.1 Å². The molecule has 0 aliphatic heterocycles. The Labute approximate surface area is 104 Å². The second-order valence-corrected chi connectivity index (χ2v) is 5.26. The Morgan fingerprint density at radius 3 is 2.65 bits per heavy atom. The molecular weight excluding hydrogens is 210 g/mol. The quantitative estimate of drug-likeness (QED) is 0.670. The van der Waals surface area contributed by atoms with Crippen LogP contribution in [-0.2, 0) is 11.2 Å². The van der Waals surface area contributed by atoms with E-state index < -0.39 is 0 Å². The number of ketones is 1. The minimum atomic E-state index is -0.290. The molecule has 0 spiro atoms. The van der Waals surface area contributed by atoms with Gasteiger partial charge in [-0.1, -0.05) is 39.7 Å². The summed E-state index contributed by atoms with van der Waals surface area (Å²) in [4.78, 5) is 16.4. The van der Waals surface area contributed by atoms with Gasteiger partial charge in [0.2, 0.25) is 0 Å². The summed E-state index contributed by atoms with van der Waals surface area (Å²) in [7, 11) is 0. The third-order valence-electron chi connectivity index (χ3n) is 3.11. The average Bonchev–Trinajstić information content (AvgIpc) is 2.30. The normalized spacial score (nSPS) is 11.5. The number of hydrogen-bond donors (Lipinski definition) is 0. The van der Waals surface area contributed by atoms with Crippen molar-refractivity contribution in [2.24, 2.45) is 5.41 Å². The molecule has 0 aliphatic rings. The van der Waals surface area contributed by atoms with Crippen molar-refractivity contribution < 1.29 is 4.79 Å². The van der Waals surface area contributed by atoms with Crippen LogP contribution >= 0.6 is 0 Å². The largest absolute Gasteiger partial charge is 0.299 e. The minimum absolute atomic E-state index is 0.290. The Morgan fingerprint density at radius 1 is 1.29 bits per heavy atom. The number of nitrogens with zero attached hydrogens (tertiary/aromatic N) is 1. The molecule has 1 aromatic heterocycles. The first-order valence-electron chi connectivity index (χ1n) is 6.49. The zero-order valence-corrected chi connectivity index (χ0v) is 11.2. The maximum Gasteiger partial charge on any atom is 0.138 e. The van der Waals surface area contributed by atoms with Gasteiger partial charge in [-0.2, -0.15) is 0 Å². The van der Waals surface area contributed by atoms with Crippen LogP contribution in [0.4, 0.5) is 0 Å². The number of aromatic nitrogens is 1. The fourth-order valence-corrected chi connectivity index (χ4v) is 1.93. The van der Waals surface area contributed by atoms with E-state index in [-0.39, 0.29) is 5.41 Å². The number of rotatable bonds is 7. The lowest BCUT2D eigenvalue weighted by atomic mass is 9.81. The van der Waals surface area contributed by atoms with Crippen LogP contribution in [0.3, 0.4) is 0 Å². The minimum Gasteiger partial charge on any atom is -0.299 e. The Hall–Kier alpha value is -1.18. The van der Waals surface area contributed by atoms with Gasteiger partial charge in [0.25, 0.3) is 0 Å². The molecule has 1 rings (SSSR count). The molecule has 0 saturated carbocycles. The van der Waals surface area contributed by atoms with Crippen LogP contribution in [0.25, 0.3) is 0 Å². The highest BCUT2D eigenvalue weighted by molar-refractivity contribution is 5.84. The lowest BCUT2D eigenvalue weighted by Crippen LogP contribution is -2.27. The van der Waals surface area contributed by atoms with Gasteiger partial charge in [-0.3, -0.25) is 9.78 Å². The molecule has 2 nitrogen and oxygen atoms in total. The number of carbonyl (C=O) groups is 1. The first-order chi connectivity index (χ1) is 8.06. The third-order valence-corrected chi connectivity index (χ3v) is 3.11. The van der Waals surface area contributed by atoms with Gasteiger partial charge in [0, 0.05) is 30.1 Å². The van der Waals surface area contributed by atoms with Crippen molar-refractivity contribution in [3.05, 3.63) is 30.1 Å². The van der Waals surface area contributed by atoms with E-state index in [2.05, 4.69) is 11.9 Å². The van der Waals surface area contributed by atoms with Crippen molar-refractivity contribution in [3.8, 4) is 0 Å². The van der Waals surface area contributed by atoms with Gasteiger partial charge in [0.15, 0.2) is 0 Å². The lowest BCUT2D eigenvalue weighted by Gasteiger charge is -2.22. The highest BCUT2D eigenvalue weighted by Gasteiger charge is 2.27. The molecule has 0 aliphatic carbocycles. The van der Waals surface area contributed by atoms with E-state index >= 15 is 0 Å². The number of unbranched alkanes of at least 4 members (excludes halogenated alkanes) is 2. The first kappa shape index (κ1) is 13.9. The molecule has 2 heteroatoms. The smallest absolute Gasteiger partial charge is 0.138 e. The molecule has 1 aromatic rings. The highest BCUT2D eigenvalue weighted by Crippen LogP contribution is 2.24.